The summed E-state index contributed by atoms with van der Waals surface area (Å²) in [5.41, 5.74) is 1.36. The third kappa shape index (κ3) is 5.29. The highest BCUT2D eigenvalue weighted by molar-refractivity contribution is 5.79. The molecule has 2 saturated heterocycles. The van der Waals surface area contributed by atoms with Gasteiger partial charge in [0.25, 0.3) is 0 Å². The topological polar surface area (TPSA) is 26.8 Å². The lowest BCUT2D eigenvalue weighted by atomic mass is 9.94. The van der Waals surface area contributed by atoms with Crippen LogP contribution in [0.3, 0.4) is 0 Å². The van der Waals surface area contributed by atoms with Crippen LogP contribution < -0.4 is 0 Å². The molecule has 3 rings (SSSR count). The number of piperazine rings is 1. The SMILES string of the molecule is CC(C)CN1CCC(C(=O)N2CCN(Cc3ccccc3)CC2)CC1. The van der Waals surface area contributed by atoms with Gasteiger partial charge in [0.2, 0.25) is 5.91 Å². The number of carbonyl (C=O) groups excluding carboxylic acids is 1. The number of rotatable bonds is 5. The molecular formula is C21H33N3O. The molecule has 2 aliphatic heterocycles. The molecule has 0 bridgehead atoms. The van der Waals surface area contributed by atoms with Gasteiger partial charge in [0.1, 0.15) is 0 Å². The van der Waals surface area contributed by atoms with Crippen molar-refractivity contribution in [2.75, 3.05) is 45.8 Å². The molecule has 2 fully saturated rings. The van der Waals surface area contributed by atoms with Gasteiger partial charge in [-0.2, -0.15) is 0 Å². The molecule has 0 atom stereocenters. The zero-order chi connectivity index (χ0) is 17.6. The molecule has 0 N–H and O–H groups in total. The summed E-state index contributed by atoms with van der Waals surface area (Å²) >= 11 is 0. The zero-order valence-electron chi connectivity index (χ0n) is 15.9. The van der Waals surface area contributed by atoms with E-state index in [9.17, 15) is 4.79 Å². The van der Waals surface area contributed by atoms with Crippen molar-refractivity contribution in [1.82, 2.24) is 14.7 Å². The van der Waals surface area contributed by atoms with Crippen LogP contribution in [0.25, 0.3) is 0 Å². The van der Waals surface area contributed by atoms with Gasteiger partial charge < -0.3 is 9.80 Å². The first-order chi connectivity index (χ1) is 12.1. The van der Waals surface area contributed by atoms with Crippen LogP contribution in [0.5, 0.6) is 0 Å². The van der Waals surface area contributed by atoms with Crippen molar-refractivity contribution >= 4 is 5.91 Å². The van der Waals surface area contributed by atoms with Gasteiger partial charge >= 0.3 is 0 Å². The van der Waals surface area contributed by atoms with E-state index in [1.807, 2.05) is 0 Å². The maximum atomic E-state index is 12.8. The molecule has 0 unspecified atom stereocenters. The van der Waals surface area contributed by atoms with Crippen LogP contribution in [0, 0.1) is 11.8 Å². The third-order valence-electron chi connectivity index (χ3n) is 5.49. The summed E-state index contributed by atoms with van der Waals surface area (Å²) in [4.78, 5) is 19.9. The van der Waals surface area contributed by atoms with E-state index in [0.717, 1.165) is 58.7 Å². The predicted octanol–water partition coefficient (Wildman–Crippen LogP) is 2.70. The van der Waals surface area contributed by atoms with Crippen LogP contribution in [-0.4, -0.2) is 66.4 Å². The largest absolute Gasteiger partial charge is 0.340 e. The highest BCUT2D eigenvalue weighted by atomic mass is 16.2. The van der Waals surface area contributed by atoms with Crippen molar-refractivity contribution in [1.29, 1.82) is 0 Å². The van der Waals surface area contributed by atoms with Crippen LogP contribution in [-0.2, 0) is 11.3 Å². The molecule has 138 valence electrons. The fraction of sp³-hybridized carbons (Fsp3) is 0.667. The van der Waals surface area contributed by atoms with E-state index in [-0.39, 0.29) is 5.92 Å². The minimum absolute atomic E-state index is 0.254. The van der Waals surface area contributed by atoms with Crippen LogP contribution in [0.4, 0.5) is 0 Å². The van der Waals surface area contributed by atoms with Gasteiger partial charge in [-0.05, 0) is 37.4 Å². The smallest absolute Gasteiger partial charge is 0.225 e. The summed E-state index contributed by atoms with van der Waals surface area (Å²) in [5.74, 6) is 1.37. The Morgan fingerprint density at radius 2 is 1.60 bits per heavy atom. The van der Waals surface area contributed by atoms with E-state index in [0.29, 0.717) is 11.8 Å². The maximum Gasteiger partial charge on any atom is 0.225 e. The van der Waals surface area contributed by atoms with Gasteiger partial charge in [-0.15, -0.1) is 0 Å². The molecule has 2 aliphatic rings. The number of carbonyl (C=O) groups is 1. The number of nitrogens with zero attached hydrogens (tertiary/aromatic N) is 3. The second-order valence-electron chi connectivity index (χ2n) is 8.06. The van der Waals surface area contributed by atoms with Crippen LogP contribution in [0.15, 0.2) is 30.3 Å². The molecule has 1 aromatic carbocycles. The van der Waals surface area contributed by atoms with E-state index in [4.69, 9.17) is 0 Å². The summed E-state index contributed by atoms with van der Waals surface area (Å²) in [6, 6.07) is 10.6. The van der Waals surface area contributed by atoms with E-state index < -0.39 is 0 Å². The molecule has 4 nitrogen and oxygen atoms in total. The summed E-state index contributed by atoms with van der Waals surface area (Å²) in [6.07, 6.45) is 2.07. The average molecular weight is 344 g/mol. The number of hydrogen-bond acceptors (Lipinski definition) is 3. The van der Waals surface area contributed by atoms with Crippen LogP contribution in [0.2, 0.25) is 0 Å². The fourth-order valence-corrected chi connectivity index (χ4v) is 4.11. The Morgan fingerprint density at radius 1 is 0.960 bits per heavy atom. The lowest BCUT2D eigenvalue weighted by molar-refractivity contribution is -0.139. The van der Waals surface area contributed by atoms with Gasteiger partial charge in [0.15, 0.2) is 0 Å². The van der Waals surface area contributed by atoms with Crippen molar-refractivity contribution in [3.05, 3.63) is 35.9 Å². The molecule has 0 radical (unpaired) electrons. The molecule has 1 aromatic rings. The van der Waals surface area contributed by atoms with Crippen LogP contribution in [0.1, 0.15) is 32.3 Å². The average Bonchev–Trinajstić information content (AvgIpc) is 2.63. The van der Waals surface area contributed by atoms with Crippen molar-refractivity contribution in [3.63, 3.8) is 0 Å². The summed E-state index contributed by atoms with van der Waals surface area (Å²) in [6.45, 7) is 12.6. The number of likely N-dealkylation sites (tertiary alicyclic amines) is 1. The Balaban J connectivity index is 1.41. The standard InChI is InChI=1S/C21H33N3O/c1-18(2)16-22-10-8-20(9-11-22)21(25)24-14-12-23(13-15-24)17-19-6-4-3-5-7-19/h3-7,18,20H,8-17H2,1-2H3. The Kier molecular flexibility index (Phi) is 6.49. The maximum absolute atomic E-state index is 12.8. The number of hydrogen-bond donors (Lipinski definition) is 0. The Bertz CT molecular complexity index is 529. The van der Waals surface area contributed by atoms with Gasteiger partial charge in [-0.25, -0.2) is 0 Å². The second kappa shape index (κ2) is 8.81. The molecule has 25 heavy (non-hydrogen) atoms. The monoisotopic (exact) mass is 343 g/mol. The van der Waals surface area contributed by atoms with Gasteiger partial charge in [-0.3, -0.25) is 9.69 Å². The molecule has 1 amide bonds. The predicted molar refractivity (Wildman–Crippen MR) is 102 cm³/mol. The van der Waals surface area contributed by atoms with Crippen molar-refractivity contribution in [3.8, 4) is 0 Å². The van der Waals surface area contributed by atoms with Crippen molar-refractivity contribution in [2.24, 2.45) is 11.8 Å². The molecule has 2 heterocycles. The van der Waals surface area contributed by atoms with E-state index >= 15 is 0 Å². The highest BCUT2D eigenvalue weighted by Gasteiger charge is 2.30. The lowest BCUT2D eigenvalue weighted by Crippen LogP contribution is -2.51. The molecule has 4 heteroatoms. The van der Waals surface area contributed by atoms with Gasteiger partial charge in [0, 0.05) is 45.2 Å². The first kappa shape index (κ1) is 18.4. The van der Waals surface area contributed by atoms with Gasteiger partial charge in [0.05, 0.1) is 0 Å². The normalized spacial score (nSPS) is 21.0. The first-order valence-electron chi connectivity index (χ1n) is 9.89. The minimum Gasteiger partial charge on any atom is -0.340 e. The fourth-order valence-electron chi connectivity index (χ4n) is 4.11. The quantitative estimate of drug-likeness (QED) is 0.822. The Labute approximate surface area is 152 Å². The second-order valence-corrected chi connectivity index (χ2v) is 8.06. The van der Waals surface area contributed by atoms with Crippen molar-refractivity contribution < 1.29 is 4.79 Å². The Hall–Kier alpha value is -1.39. The zero-order valence-corrected chi connectivity index (χ0v) is 15.9. The minimum atomic E-state index is 0.254. The molecule has 0 spiro atoms. The number of benzene rings is 1. The molecular weight excluding hydrogens is 310 g/mol. The van der Waals surface area contributed by atoms with Gasteiger partial charge in [-0.1, -0.05) is 44.2 Å². The first-order valence-corrected chi connectivity index (χ1v) is 9.89. The van der Waals surface area contributed by atoms with Crippen LogP contribution >= 0.6 is 0 Å². The highest BCUT2D eigenvalue weighted by Crippen LogP contribution is 2.21. The molecule has 0 aliphatic carbocycles. The molecule has 0 aromatic heterocycles. The van der Waals surface area contributed by atoms with E-state index in [1.165, 1.54) is 12.1 Å². The third-order valence-corrected chi connectivity index (χ3v) is 5.49. The number of piperidine rings is 1. The number of amides is 1. The lowest BCUT2D eigenvalue weighted by Gasteiger charge is -2.38. The van der Waals surface area contributed by atoms with E-state index in [2.05, 4.69) is 58.9 Å². The summed E-state index contributed by atoms with van der Waals surface area (Å²) < 4.78 is 0. The summed E-state index contributed by atoms with van der Waals surface area (Å²) in [5, 5.41) is 0. The van der Waals surface area contributed by atoms with Crippen molar-refractivity contribution in [2.45, 2.75) is 33.2 Å². The molecule has 0 saturated carbocycles. The van der Waals surface area contributed by atoms with E-state index in [1.54, 1.807) is 0 Å². The Morgan fingerprint density at radius 3 is 2.20 bits per heavy atom. The summed E-state index contributed by atoms with van der Waals surface area (Å²) in [7, 11) is 0.